The van der Waals surface area contributed by atoms with Crippen molar-refractivity contribution in [2.75, 3.05) is 5.32 Å². The summed E-state index contributed by atoms with van der Waals surface area (Å²) in [6.07, 6.45) is 0. The number of nitrogens with one attached hydrogen (secondary N) is 1. The number of hydrogen-bond acceptors (Lipinski definition) is 1. The van der Waals surface area contributed by atoms with Crippen molar-refractivity contribution in [1.82, 2.24) is 0 Å². The Bertz CT molecular complexity index is 269. The molecular formula is C10H14Cl3CoN. The maximum absolute atomic E-state index is 4.87. The first-order valence-corrected chi connectivity index (χ1v) is 8.54. The van der Waals surface area contributed by atoms with Crippen LogP contribution in [-0.2, 0) is 10.9 Å². The van der Waals surface area contributed by atoms with Gasteiger partial charge in [0.1, 0.15) is 0 Å². The van der Waals surface area contributed by atoms with Gasteiger partial charge >= 0.3 is 41.4 Å². The number of rotatable bonds is 2. The Morgan fingerprint density at radius 1 is 1.13 bits per heavy atom. The predicted octanol–water partition coefficient (Wildman–Crippen LogP) is 4.96. The van der Waals surface area contributed by atoms with Crippen LogP contribution in [0.5, 0.6) is 0 Å². The van der Waals surface area contributed by atoms with Crippen molar-refractivity contribution in [3.63, 3.8) is 0 Å². The molecule has 0 aliphatic rings. The molecule has 0 aromatic heterocycles. The molecule has 1 radical (unpaired) electrons. The van der Waals surface area contributed by atoms with Crippen LogP contribution in [0.2, 0.25) is 0 Å². The van der Waals surface area contributed by atoms with Crippen LogP contribution >= 0.6 is 30.4 Å². The predicted molar refractivity (Wildman–Crippen MR) is 67.1 cm³/mol. The van der Waals surface area contributed by atoms with E-state index in [0.29, 0.717) is 0 Å². The number of hydrogen-bond donors (Lipinski definition) is 1. The van der Waals surface area contributed by atoms with Gasteiger partial charge in [-0.15, -0.1) is 0 Å². The van der Waals surface area contributed by atoms with Crippen molar-refractivity contribution in [3.05, 3.63) is 35.9 Å². The summed E-state index contributed by atoms with van der Waals surface area (Å²) in [4.78, 5) is 0. The normalized spacial score (nSPS) is 10.1. The van der Waals surface area contributed by atoms with Crippen molar-refractivity contribution in [2.24, 2.45) is 0 Å². The van der Waals surface area contributed by atoms with Gasteiger partial charge in [0.25, 0.3) is 0 Å². The molecule has 0 bridgehead atoms. The molecule has 1 nitrogen and oxygen atoms in total. The standard InChI is InChI=1S/C10H14N.3ClH.Co/c1-4-11-10-8(2)6-5-7-9(10)3;;;;/h4-7,11H,1-3H3;3*1H;/q;;;;+3/p-3. The van der Waals surface area contributed by atoms with Gasteiger partial charge < -0.3 is 5.32 Å². The Balaban J connectivity index is 0.000000423. The Labute approximate surface area is 109 Å². The molecule has 89 valence electrons. The molecule has 0 amide bonds. The molecule has 0 aliphatic heterocycles. The molecule has 1 aromatic carbocycles. The average Bonchev–Trinajstić information content (AvgIpc) is 2.11. The third kappa shape index (κ3) is 7.31. The Kier molecular flexibility index (Phi) is 8.76. The van der Waals surface area contributed by atoms with Gasteiger partial charge in [-0.2, -0.15) is 0 Å². The SMILES string of the molecule is C[CH]Nc1c(C)cccc1C.[Cl][Co]([Cl])[Cl]. The van der Waals surface area contributed by atoms with Crippen LogP contribution in [0.4, 0.5) is 5.69 Å². The first-order valence-electron chi connectivity index (χ1n) is 4.24. The van der Waals surface area contributed by atoms with Gasteiger partial charge in [0.2, 0.25) is 0 Å². The summed E-state index contributed by atoms with van der Waals surface area (Å²) in [5, 5.41) is 3.22. The van der Waals surface area contributed by atoms with Crippen molar-refractivity contribution in [2.45, 2.75) is 20.8 Å². The topological polar surface area (TPSA) is 12.0 Å². The number of para-hydroxylation sites is 1. The van der Waals surface area contributed by atoms with E-state index >= 15 is 0 Å². The first-order chi connectivity index (χ1) is 6.99. The third-order valence-electron chi connectivity index (χ3n) is 1.77. The van der Waals surface area contributed by atoms with Gasteiger partial charge in [-0.05, 0) is 31.9 Å². The molecular weight excluding hydrogens is 299 g/mol. The van der Waals surface area contributed by atoms with Crippen LogP contribution in [0.3, 0.4) is 0 Å². The van der Waals surface area contributed by atoms with Gasteiger partial charge in [0, 0.05) is 12.2 Å². The zero-order chi connectivity index (χ0) is 11.8. The molecule has 1 N–H and O–H groups in total. The number of aryl methyl sites for hydroxylation is 2. The zero-order valence-corrected chi connectivity index (χ0v) is 12.1. The van der Waals surface area contributed by atoms with Crippen LogP contribution in [-0.4, -0.2) is 0 Å². The molecule has 0 fully saturated rings. The monoisotopic (exact) mass is 312 g/mol. The number of halogens is 3. The van der Waals surface area contributed by atoms with E-state index in [2.05, 4.69) is 37.4 Å². The van der Waals surface area contributed by atoms with E-state index in [9.17, 15) is 0 Å². The average molecular weight is 314 g/mol. The van der Waals surface area contributed by atoms with E-state index in [1.807, 2.05) is 13.5 Å². The molecule has 0 heterocycles. The van der Waals surface area contributed by atoms with Gasteiger partial charge in [-0.3, -0.25) is 0 Å². The van der Waals surface area contributed by atoms with Gasteiger partial charge in [0.05, 0.1) is 0 Å². The Hall–Kier alpha value is 0.396. The minimum atomic E-state index is -1.19. The summed E-state index contributed by atoms with van der Waals surface area (Å²) in [6.45, 7) is 8.17. The summed E-state index contributed by atoms with van der Waals surface area (Å²) < 4.78 is 0. The van der Waals surface area contributed by atoms with Crippen molar-refractivity contribution >= 4 is 36.1 Å². The van der Waals surface area contributed by atoms with Crippen LogP contribution in [0.1, 0.15) is 18.1 Å². The van der Waals surface area contributed by atoms with E-state index in [1.165, 1.54) is 16.8 Å². The first kappa shape index (κ1) is 15.4. The molecule has 1 aromatic rings. The fourth-order valence-electron chi connectivity index (χ4n) is 1.19. The van der Waals surface area contributed by atoms with Crippen LogP contribution in [0.25, 0.3) is 0 Å². The molecule has 0 unspecified atom stereocenters. The Morgan fingerprint density at radius 3 is 1.87 bits per heavy atom. The molecule has 0 atom stereocenters. The van der Waals surface area contributed by atoms with Crippen LogP contribution in [0, 0.1) is 20.4 Å². The summed E-state index contributed by atoms with van der Waals surface area (Å²) in [6, 6.07) is 6.29. The second-order valence-electron chi connectivity index (χ2n) is 2.84. The van der Waals surface area contributed by atoms with Crippen molar-refractivity contribution in [1.29, 1.82) is 0 Å². The maximum atomic E-state index is 4.87. The second-order valence-corrected chi connectivity index (χ2v) is 8.00. The second kappa shape index (κ2) is 8.54. The molecule has 15 heavy (non-hydrogen) atoms. The van der Waals surface area contributed by atoms with E-state index in [-0.39, 0.29) is 0 Å². The molecule has 0 aliphatic carbocycles. The summed E-state index contributed by atoms with van der Waals surface area (Å²) in [5.74, 6) is 0. The van der Waals surface area contributed by atoms with E-state index in [1.54, 1.807) is 0 Å². The molecule has 0 saturated carbocycles. The van der Waals surface area contributed by atoms with Crippen LogP contribution in [0.15, 0.2) is 18.2 Å². The summed E-state index contributed by atoms with van der Waals surface area (Å²) >= 11 is 0. The van der Waals surface area contributed by atoms with Gasteiger partial charge in [-0.1, -0.05) is 18.2 Å². The van der Waals surface area contributed by atoms with Gasteiger partial charge in [-0.25, -0.2) is 0 Å². The molecule has 0 spiro atoms. The zero-order valence-electron chi connectivity index (χ0n) is 8.78. The minimum absolute atomic E-state index is 1.19. The van der Waals surface area contributed by atoms with Gasteiger partial charge in [0.15, 0.2) is 0 Å². The third-order valence-corrected chi connectivity index (χ3v) is 1.77. The fraction of sp³-hybridized carbons (Fsp3) is 0.300. The number of anilines is 1. The van der Waals surface area contributed by atoms with Crippen molar-refractivity contribution in [3.8, 4) is 0 Å². The molecule has 5 heteroatoms. The van der Waals surface area contributed by atoms with Crippen LogP contribution < -0.4 is 5.32 Å². The van der Waals surface area contributed by atoms with Crippen molar-refractivity contribution < 1.29 is 10.9 Å². The Morgan fingerprint density at radius 2 is 1.53 bits per heavy atom. The van der Waals surface area contributed by atoms with E-state index < -0.39 is 10.9 Å². The fourth-order valence-corrected chi connectivity index (χ4v) is 1.19. The summed E-state index contributed by atoms with van der Waals surface area (Å²) in [7, 11) is 13.4. The summed E-state index contributed by atoms with van der Waals surface area (Å²) in [5.41, 5.74) is 3.82. The number of benzene rings is 1. The van der Waals surface area contributed by atoms with E-state index in [4.69, 9.17) is 30.4 Å². The van der Waals surface area contributed by atoms with E-state index in [0.717, 1.165) is 0 Å². The molecule has 0 saturated heterocycles. The quantitative estimate of drug-likeness (QED) is 0.813. The molecule has 1 rings (SSSR count).